The van der Waals surface area contributed by atoms with Crippen molar-refractivity contribution in [3.05, 3.63) is 51.7 Å². The van der Waals surface area contributed by atoms with E-state index in [1.165, 1.54) is 29.0 Å². The summed E-state index contributed by atoms with van der Waals surface area (Å²) in [5.74, 6) is -0.262. The van der Waals surface area contributed by atoms with Gasteiger partial charge in [0, 0.05) is 23.9 Å². The first kappa shape index (κ1) is 21.5. The first-order valence-electron chi connectivity index (χ1n) is 9.83. The lowest BCUT2D eigenvalue weighted by Gasteiger charge is -2.35. The van der Waals surface area contributed by atoms with Crippen molar-refractivity contribution in [3.8, 4) is 5.75 Å². The minimum absolute atomic E-state index is 0.222. The van der Waals surface area contributed by atoms with Crippen LogP contribution < -0.4 is 0 Å². The number of carboxylic acids is 1. The Kier molecular flexibility index (Phi) is 8.82. The number of nitrogens with zero attached hydrogens (tertiary/aromatic N) is 1. The fourth-order valence-electron chi connectivity index (χ4n) is 3.55. The SMILES string of the molecule is CCC(=O)O.CCCN(CCc1cccs1)[C@H]1CCc2c(O)cccc2C1. The number of aliphatic carboxylic acids is 1. The number of aromatic hydroxyl groups is 1. The van der Waals surface area contributed by atoms with Crippen molar-refractivity contribution >= 4 is 17.3 Å². The van der Waals surface area contributed by atoms with Gasteiger partial charge in [-0.05, 0) is 67.3 Å². The Morgan fingerprint density at radius 1 is 1.22 bits per heavy atom. The Balaban J connectivity index is 0.000000465. The number of phenols is 1. The fraction of sp³-hybridized carbons (Fsp3) is 0.500. The predicted octanol–water partition coefficient (Wildman–Crippen LogP) is 4.75. The molecule has 0 aliphatic heterocycles. The van der Waals surface area contributed by atoms with Crippen LogP contribution in [0.5, 0.6) is 5.75 Å². The molecule has 0 unspecified atom stereocenters. The van der Waals surface area contributed by atoms with Crippen LogP contribution >= 0.6 is 11.3 Å². The van der Waals surface area contributed by atoms with Gasteiger partial charge in [-0.2, -0.15) is 0 Å². The average molecular weight is 390 g/mol. The van der Waals surface area contributed by atoms with Crippen LogP contribution in [0.1, 0.15) is 49.1 Å². The zero-order valence-corrected chi connectivity index (χ0v) is 17.2. The van der Waals surface area contributed by atoms with Gasteiger partial charge < -0.3 is 10.2 Å². The van der Waals surface area contributed by atoms with Crippen LogP contribution in [-0.2, 0) is 24.1 Å². The average Bonchev–Trinajstić information content (AvgIpc) is 3.19. The van der Waals surface area contributed by atoms with E-state index in [1.54, 1.807) is 6.92 Å². The number of thiophene rings is 1. The van der Waals surface area contributed by atoms with E-state index in [1.807, 2.05) is 23.5 Å². The molecule has 1 aromatic carbocycles. The Morgan fingerprint density at radius 3 is 2.63 bits per heavy atom. The van der Waals surface area contributed by atoms with Gasteiger partial charge in [0.25, 0.3) is 0 Å². The predicted molar refractivity (Wildman–Crippen MR) is 112 cm³/mol. The molecule has 1 heterocycles. The third kappa shape index (κ3) is 6.67. The van der Waals surface area contributed by atoms with E-state index in [9.17, 15) is 9.90 Å². The standard InChI is InChI=1S/C19H25NOS.C3H6O2/c1-2-11-20(12-10-17-6-4-13-22-17)16-8-9-18-15(14-16)5-3-7-19(18)21;1-2-3(4)5/h3-7,13,16,21H,2,8-12,14H2,1H3;2H2,1H3,(H,4,5)/t16-;/m0./s1. The first-order chi connectivity index (χ1) is 13.0. The Hall–Kier alpha value is -1.85. The number of rotatable bonds is 7. The Morgan fingerprint density at radius 2 is 2.00 bits per heavy atom. The summed E-state index contributed by atoms with van der Waals surface area (Å²) in [6.45, 7) is 6.18. The second-order valence-electron chi connectivity index (χ2n) is 6.92. The van der Waals surface area contributed by atoms with Crippen LogP contribution in [0.25, 0.3) is 0 Å². The smallest absolute Gasteiger partial charge is 0.303 e. The molecule has 27 heavy (non-hydrogen) atoms. The Bertz CT molecular complexity index is 700. The van der Waals surface area contributed by atoms with E-state index in [0.717, 1.165) is 32.2 Å². The summed E-state index contributed by atoms with van der Waals surface area (Å²) in [7, 11) is 0. The molecule has 0 saturated heterocycles. The number of hydrogen-bond acceptors (Lipinski definition) is 4. The van der Waals surface area contributed by atoms with Crippen molar-refractivity contribution in [1.29, 1.82) is 0 Å². The third-order valence-electron chi connectivity index (χ3n) is 4.99. The van der Waals surface area contributed by atoms with Gasteiger partial charge in [0.1, 0.15) is 5.75 Å². The molecule has 0 fully saturated rings. The Labute approximate surface area is 166 Å². The quantitative estimate of drug-likeness (QED) is 0.718. The maximum Gasteiger partial charge on any atom is 0.303 e. The number of benzene rings is 1. The lowest BCUT2D eigenvalue weighted by atomic mass is 9.86. The molecule has 2 aromatic rings. The minimum atomic E-state index is -0.745. The fourth-order valence-corrected chi connectivity index (χ4v) is 4.25. The second-order valence-corrected chi connectivity index (χ2v) is 7.96. The molecule has 1 aliphatic carbocycles. The van der Waals surface area contributed by atoms with Gasteiger partial charge in [0.2, 0.25) is 0 Å². The summed E-state index contributed by atoms with van der Waals surface area (Å²) in [6.07, 6.45) is 5.82. The molecule has 0 saturated carbocycles. The van der Waals surface area contributed by atoms with Crippen LogP contribution in [0.4, 0.5) is 0 Å². The van der Waals surface area contributed by atoms with Gasteiger partial charge >= 0.3 is 5.97 Å². The molecule has 0 amide bonds. The molecule has 3 rings (SSSR count). The van der Waals surface area contributed by atoms with Gasteiger partial charge in [-0.3, -0.25) is 9.69 Å². The highest BCUT2D eigenvalue weighted by Crippen LogP contribution is 2.30. The van der Waals surface area contributed by atoms with Crippen molar-refractivity contribution in [3.63, 3.8) is 0 Å². The molecule has 1 aliphatic rings. The summed E-state index contributed by atoms with van der Waals surface area (Å²) < 4.78 is 0. The number of phenolic OH excluding ortho intramolecular Hbond substituents is 1. The molecule has 0 spiro atoms. The lowest BCUT2D eigenvalue weighted by molar-refractivity contribution is -0.136. The van der Waals surface area contributed by atoms with Crippen LogP contribution in [0, 0.1) is 0 Å². The summed E-state index contributed by atoms with van der Waals surface area (Å²) in [5, 5.41) is 19.9. The van der Waals surface area contributed by atoms with Crippen LogP contribution in [0.2, 0.25) is 0 Å². The van der Waals surface area contributed by atoms with Crippen LogP contribution in [-0.4, -0.2) is 40.2 Å². The minimum Gasteiger partial charge on any atom is -0.508 e. The van der Waals surface area contributed by atoms with Gasteiger partial charge in [-0.25, -0.2) is 0 Å². The molecule has 4 nitrogen and oxygen atoms in total. The zero-order chi connectivity index (χ0) is 19.6. The molecule has 0 radical (unpaired) electrons. The van der Waals surface area contributed by atoms with Crippen LogP contribution in [0.3, 0.4) is 0 Å². The zero-order valence-electron chi connectivity index (χ0n) is 16.4. The highest BCUT2D eigenvalue weighted by atomic mass is 32.1. The van der Waals surface area contributed by atoms with E-state index in [4.69, 9.17) is 5.11 Å². The van der Waals surface area contributed by atoms with Crippen molar-refractivity contribution in [2.75, 3.05) is 13.1 Å². The number of hydrogen-bond donors (Lipinski definition) is 2. The van der Waals surface area contributed by atoms with Gasteiger partial charge in [0.15, 0.2) is 0 Å². The molecule has 148 valence electrons. The van der Waals surface area contributed by atoms with E-state index in [2.05, 4.69) is 35.4 Å². The third-order valence-corrected chi connectivity index (χ3v) is 5.92. The summed E-state index contributed by atoms with van der Waals surface area (Å²) in [5.41, 5.74) is 2.52. The van der Waals surface area contributed by atoms with Gasteiger partial charge in [-0.1, -0.05) is 32.0 Å². The normalized spacial score (nSPS) is 15.7. The van der Waals surface area contributed by atoms with Gasteiger partial charge in [-0.15, -0.1) is 11.3 Å². The number of carboxylic acid groups (broad SMARTS) is 1. The molecular weight excluding hydrogens is 358 g/mol. The topological polar surface area (TPSA) is 60.8 Å². The second kappa shape index (κ2) is 11.1. The molecule has 1 aromatic heterocycles. The highest BCUT2D eigenvalue weighted by Gasteiger charge is 2.25. The van der Waals surface area contributed by atoms with E-state index < -0.39 is 5.97 Å². The monoisotopic (exact) mass is 389 g/mol. The van der Waals surface area contributed by atoms with Crippen molar-refractivity contribution in [2.24, 2.45) is 0 Å². The van der Waals surface area contributed by atoms with Gasteiger partial charge in [0.05, 0.1) is 0 Å². The number of fused-ring (bicyclic) bond motifs is 1. The van der Waals surface area contributed by atoms with Crippen LogP contribution in [0.15, 0.2) is 35.7 Å². The van der Waals surface area contributed by atoms with Crippen molar-refractivity contribution in [2.45, 2.75) is 58.4 Å². The molecule has 0 bridgehead atoms. The lowest BCUT2D eigenvalue weighted by Crippen LogP contribution is -2.41. The van der Waals surface area contributed by atoms with E-state index in [0.29, 0.717) is 11.8 Å². The summed E-state index contributed by atoms with van der Waals surface area (Å²) in [6, 6.07) is 11.0. The van der Waals surface area contributed by atoms with Crippen molar-refractivity contribution in [1.82, 2.24) is 4.90 Å². The largest absolute Gasteiger partial charge is 0.508 e. The van der Waals surface area contributed by atoms with Crippen molar-refractivity contribution < 1.29 is 15.0 Å². The van der Waals surface area contributed by atoms with E-state index in [-0.39, 0.29) is 6.42 Å². The maximum absolute atomic E-state index is 10.0. The number of carbonyl (C=O) groups is 1. The first-order valence-corrected chi connectivity index (χ1v) is 10.7. The molecule has 1 atom stereocenters. The molecule has 5 heteroatoms. The highest BCUT2D eigenvalue weighted by molar-refractivity contribution is 7.09. The molecular formula is C22H31NO3S. The summed E-state index contributed by atoms with van der Waals surface area (Å²) >= 11 is 1.86. The summed E-state index contributed by atoms with van der Waals surface area (Å²) in [4.78, 5) is 13.5. The maximum atomic E-state index is 10.0. The van der Waals surface area contributed by atoms with E-state index >= 15 is 0 Å². The molecule has 2 N–H and O–H groups in total.